The van der Waals surface area contributed by atoms with Crippen molar-refractivity contribution in [2.45, 2.75) is 239 Å². The standard InChI is InChI=1S/C33H37O3S.2C18H15S.C14H23F3O4.C12H16O7S.C10H16O4S.C7H6O3/c1-22-14-30(37(28-10-6-4-7-11-28)29-12-8-5-9-13-29)15-23(2)32(22)35-21-31(34)36-33(3)26-17-24-16-25(19-26)20-27(33)18-24;2*1-4-10-16(11-5-1)19(17-12-6-2-7-13-17)18-14-8-3-9-15-18;1-5-10(21-12(19)13(3,4)6-2)9-11(18)20-8-7-14(15,16)17;13-10(5-20(15,16)17)19-11-7-1-6-2-8(4-7)12(14)18-9(11)3-6;1-9(2)7-3-4-10(9,8(11)5-7)6-15(12,13)14;8-6-4-2-1-3-5(6)7(9)10/h4-15,24-27H,16-21H2,1-3H3;2*1-15H;10H,5-9H2,1-4H3;6-9,11H,1-5H2,(H,15,16,17);7H,3-6H2,1-2H3,(H,12,13,14);1-4,8H,(H,9,10)/q3*+1;;;;/p-3. The Bertz CT molecular complexity index is 5680. The average molecular weight is 2020 g/mol. The van der Waals surface area contributed by atoms with E-state index in [1.165, 1.54) is 100 Å². The summed E-state index contributed by atoms with van der Waals surface area (Å²) in [6, 6.07) is 95.6. The van der Waals surface area contributed by atoms with E-state index >= 15 is 0 Å². The predicted molar refractivity (Wildman–Crippen MR) is 531 cm³/mol. The van der Waals surface area contributed by atoms with Crippen molar-refractivity contribution in [3.8, 4) is 11.5 Å². The summed E-state index contributed by atoms with van der Waals surface area (Å²) < 4.78 is 133. The van der Waals surface area contributed by atoms with E-state index in [1.807, 2.05) is 20.8 Å². The van der Waals surface area contributed by atoms with Crippen LogP contribution in [-0.2, 0) is 105 Å². The first kappa shape index (κ1) is 109. The fourth-order valence-corrected chi connectivity index (χ4v) is 28.8. The lowest BCUT2D eigenvalue weighted by molar-refractivity contribution is -0.268. The number of rotatable bonds is 27. The summed E-state index contributed by atoms with van der Waals surface area (Å²) in [6.07, 6.45) is 4.48. The number of hydrogen-bond acceptors (Lipinski definition) is 20. The third-order valence-corrected chi connectivity index (χ3v) is 36.3. The number of para-hydroxylation sites is 1. The highest BCUT2D eigenvalue weighted by Crippen LogP contribution is 2.65. The summed E-state index contributed by atoms with van der Waals surface area (Å²) >= 11 is 0. The summed E-state index contributed by atoms with van der Waals surface area (Å²) in [4.78, 5) is 93.7. The van der Waals surface area contributed by atoms with E-state index in [9.17, 15) is 77.8 Å². The van der Waals surface area contributed by atoms with Crippen molar-refractivity contribution in [2.24, 2.45) is 63.6 Å². The Labute approximate surface area is 834 Å². The third kappa shape index (κ3) is 29.4. The van der Waals surface area contributed by atoms with Gasteiger partial charge >= 0.3 is 42.0 Å². The number of carboxylic acid groups (broad SMARTS) is 1. The molecule has 2 aliphatic heterocycles. The maximum Gasteiger partial charge on any atom is 0.392 e. The van der Waals surface area contributed by atoms with E-state index in [4.69, 9.17) is 28.8 Å². The van der Waals surface area contributed by atoms with E-state index in [1.54, 1.807) is 20.8 Å². The Hall–Kier alpha value is -11.1. The van der Waals surface area contributed by atoms with Gasteiger partial charge in [-0.3, -0.25) is 24.0 Å². The van der Waals surface area contributed by atoms with Gasteiger partial charge in [-0.1, -0.05) is 197 Å². The number of fused-ring (bicyclic) bond motifs is 3. The zero-order chi connectivity index (χ0) is 102. The Balaban J connectivity index is 0.000000152. The predicted octanol–water partition coefficient (Wildman–Crippen LogP) is 21.9. The topological polar surface area (TPSA) is 333 Å². The molecule has 0 radical (unpaired) electrons. The van der Waals surface area contributed by atoms with Gasteiger partial charge in [0.15, 0.2) is 50.7 Å². The smallest absolute Gasteiger partial charge is 0.392 e. The molecule has 10 aromatic rings. The van der Waals surface area contributed by atoms with Gasteiger partial charge in [-0.05, 0) is 273 Å². The normalized spacial score (nSPS) is 22.5. The number of hydrogen-bond donors (Lipinski definition) is 1. The minimum atomic E-state index is -4.65. The van der Waals surface area contributed by atoms with E-state index in [0.717, 1.165) is 48.0 Å². The van der Waals surface area contributed by atoms with Gasteiger partial charge in [-0.15, -0.1) is 0 Å². The van der Waals surface area contributed by atoms with Crippen LogP contribution < -0.4 is 9.84 Å². The highest BCUT2D eigenvalue weighted by molar-refractivity contribution is 7.97. The van der Waals surface area contributed by atoms with E-state index in [2.05, 4.69) is 280 Å². The van der Waals surface area contributed by atoms with Crippen molar-refractivity contribution in [3.05, 3.63) is 296 Å². The number of benzene rings is 10. The molecule has 20 rings (SSSR count). The van der Waals surface area contributed by atoms with Crippen LogP contribution in [0.2, 0.25) is 0 Å². The molecular weight excluding hydrogens is 1900 g/mol. The molecule has 21 nitrogen and oxygen atoms in total. The molecule has 10 aromatic carbocycles. The van der Waals surface area contributed by atoms with Gasteiger partial charge in [-0.25, -0.2) is 26.4 Å². The number of halogens is 3. The molecule has 8 atom stereocenters. The Morgan fingerprint density at radius 1 is 0.525 bits per heavy atom. The lowest BCUT2D eigenvalue weighted by atomic mass is 9.50. The highest BCUT2D eigenvalue weighted by atomic mass is 32.2. The fourth-order valence-electron chi connectivity index (χ4n) is 20.7. The maximum atomic E-state index is 13.0. The highest BCUT2D eigenvalue weighted by Gasteiger charge is 2.65. The number of aromatic carboxylic acids is 1. The van der Waals surface area contributed by atoms with Gasteiger partial charge in [0.25, 0.3) is 0 Å². The molecule has 10 bridgehead atoms. The average Bonchev–Trinajstić information content (AvgIpc) is 1.56. The van der Waals surface area contributed by atoms with Crippen molar-refractivity contribution in [3.63, 3.8) is 0 Å². The van der Waals surface area contributed by atoms with Gasteiger partial charge in [0, 0.05) is 29.9 Å². The minimum absolute atomic E-state index is 0.0146. The number of aryl methyl sites for hydroxylation is 2. The molecule has 29 heteroatoms. The van der Waals surface area contributed by atoms with Crippen LogP contribution in [0.15, 0.2) is 323 Å². The molecular formula is C112H125F3O21S5. The third-order valence-electron chi connectivity index (χ3n) is 28.2. The first-order chi connectivity index (χ1) is 67.0. The zero-order valence-electron chi connectivity index (χ0n) is 80.8. The van der Waals surface area contributed by atoms with Crippen LogP contribution >= 0.6 is 0 Å². The Kier molecular flexibility index (Phi) is 37.7. The van der Waals surface area contributed by atoms with Gasteiger partial charge in [0.2, 0.25) is 0 Å². The number of carbonyl (C=O) groups is 7. The molecule has 0 amide bonds. The number of alkyl halides is 3. The van der Waals surface area contributed by atoms with Crippen LogP contribution in [-0.4, -0.2) is 127 Å². The summed E-state index contributed by atoms with van der Waals surface area (Å²) in [6.45, 7) is 16.4. The second-order valence-corrected chi connectivity index (χ2v) is 47.5. The molecule has 2 saturated heterocycles. The quantitative estimate of drug-likeness (QED) is 0.0216. The number of carbonyl (C=O) groups excluding carboxylic acids is 6. The molecule has 8 aliphatic carbocycles. The van der Waals surface area contributed by atoms with Crippen molar-refractivity contribution < 1.29 is 111 Å². The summed E-state index contributed by atoms with van der Waals surface area (Å²) in [7, 11) is -9.22. The fraction of sp³-hybridized carbons (Fsp3) is 0.402. The molecule has 10 aliphatic rings. The van der Waals surface area contributed by atoms with E-state index in [-0.39, 0.29) is 97.8 Å². The molecule has 8 unspecified atom stereocenters. The van der Waals surface area contributed by atoms with E-state index in [0.29, 0.717) is 56.3 Å². The lowest BCUT2D eigenvalue weighted by Gasteiger charge is -2.59. The first-order valence-electron chi connectivity index (χ1n) is 47.9. The molecule has 141 heavy (non-hydrogen) atoms. The van der Waals surface area contributed by atoms with Gasteiger partial charge in [-0.2, -0.15) is 13.2 Å². The summed E-state index contributed by atoms with van der Waals surface area (Å²) in [5.74, 6) is -2.05. The summed E-state index contributed by atoms with van der Waals surface area (Å²) in [5, 5.41) is 19.0. The largest absolute Gasteiger partial charge is 0.872 e. The van der Waals surface area contributed by atoms with Crippen LogP contribution in [0.5, 0.6) is 11.5 Å². The molecule has 1 N–H and O–H groups in total. The Morgan fingerprint density at radius 3 is 1.30 bits per heavy atom. The summed E-state index contributed by atoms with van der Waals surface area (Å²) in [5.41, 5.74) is -0.280. The first-order valence-corrected chi connectivity index (χ1v) is 54.7. The second-order valence-electron chi connectivity index (χ2n) is 38.6. The molecule has 2 heterocycles. The van der Waals surface area contributed by atoms with Crippen LogP contribution in [0, 0.1) is 77.4 Å². The SMILES string of the molecule is CC1(C)C2CCC1(CS(=O)(=O)[O-])C(=O)C2.CCC(CC(=O)OCCC(F)(F)F)OC(=O)C(C)(C)CC.Cc1cc([S+](c2ccccc2)c2ccccc2)cc(C)c1OCC(=O)OC1(C)C2CC3CC(C2)CC1C3.O=C(CS(=O)(=O)[O-])OC1C2CC3CC(C2)C(=O)OC1C3.O=C(O)c1ccccc1[O-].c1ccc([S+](c2ccccc2)c2ccccc2)cc1.c1ccc([S+](c2ccccc2)c2ccccc2)cc1. The molecule has 8 saturated carbocycles. The number of esters is 5. The van der Waals surface area contributed by atoms with Crippen molar-refractivity contribution in [1.82, 2.24) is 0 Å². The van der Waals surface area contributed by atoms with Gasteiger partial charge in [0.1, 0.15) is 51.3 Å². The minimum Gasteiger partial charge on any atom is -0.872 e. The molecule has 0 spiro atoms. The van der Waals surface area contributed by atoms with Crippen molar-refractivity contribution in [2.75, 3.05) is 24.7 Å². The molecule has 10 fully saturated rings. The monoisotopic (exact) mass is 2020 g/mol. The van der Waals surface area contributed by atoms with Gasteiger partial charge < -0.3 is 47.7 Å². The number of ether oxygens (including phenoxy) is 6. The maximum absolute atomic E-state index is 13.0. The van der Waals surface area contributed by atoms with Gasteiger partial charge in [0.05, 0.1) is 84.9 Å². The van der Waals surface area contributed by atoms with E-state index < -0.39 is 110 Å². The van der Waals surface area contributed by atoms with Crippen LogP contribution in [0.4, 0.5) is 13.2 Å². The Morgan fingerprint density at radius 2 is 0.936 bits per heavy atom. The van der Waals surface area contributed by atoms with Crippen molar-refractivity contribution in [1.29, 1.82) is 0 Å². The van der Waals surface area contributed by atoms with Crippen LogP contribution in [0.25, 0.3) is 0 Å². The second kappa shape index (κ2) is 48.8. The number of ketones is 1. The lowest BCUT2D eigenvalue weighted by Crippen LogP contribution is -2.58. The molecule has 750 valence electrons. The number of Topliss-reactive ketones (excluding diaryl/α,β-unsaturated/α-hetero) is 1. The zero-order valence-corrected chi connectivity index (χ0v) is 84.9. The van der Waals surface area contributed by atoms with Crippen LogP contribution in [0.3, 0.4) is 0 Å². The molecule has 0 aromatic heterocycles. The van der Waals surface area contributed by atoms with Crippen molar-refractivity contribution >= 4 is 94.5 Å². The number of carboxylic acids is 1. The van der Waals surface area contributed by atoms with Crippen LogP contribution in [0.1, 0.15) is 173 Å².